The zero-order valence-electron chi connectivity index (χ0n) is 9.90. The number of aryl methyl sites for hydroxylation is 1. The number of fused-ring (bicyclic) bond motifs is 2. The van der Waals surface area contributed by atoms with Crippen molar-refractivity contribution in [2.75, 3.05) is 5.73 Å². The summed E-state index contributed by atoms with van der Waals surface area (Å²) in [6.45, 7) is 2.18. The van der Waals surface area contributed by atoms with Gasteiger partial charge in [-0.1, -0.05) is 37.3 Å². The third-order valence-corrected chi connectivity index (χ3v) is 3.34. The maximum Gasteiger partial charge on any atom is 0.0393 e. The standard InChI is InChI=1S/C16H15N/c1-2-11-6-7-12-9-13-4-3-5-16(17)15(13)10-14(12)8-11/h3-10H,2,17H2,1H3. The molecule has 2 N–H and O–H groups in total. The van der Waals surface area contributed by atoms with E-state index in [-0.39, 0.29) is 0 Å². The van der Waals surface area contributed by atoms with E-state index in [4.69, 9.17) is 5.73 Å². The van der Waals surface area contributed by atoms with Crippen LogP contribution in [-0.2, 0) is 6.42 Å². The van der Waals surface area contributed by atoms with Crippen molar-refractivity contribution < 1.29 is 0 Å². The maximum absolute atomic E-state index is 6.02. The van der Waals surface area contributed by atoms with Gasteiger partial charge in [0.15, 0.2) is 0 Å². The van der Waals surface area contributed by atoms with Gasteiger partial charge in [-0.3, -0.25) is 0 Å². The minimum atomic E-state index is 0.853. The SMILES string of the molecule is CCc1ccc2cc3cccc(N)c3cc2c1. The van der Waals surface area contributed by atoms with Gasteiger partial charge >= 0.3 is 0 Å². The molecule has 1 nitrogen and oxygen atoms in total. The molecular weight excluding hydrogens is 206 g/mol. The van der Waals surface area contributed by atoms with Crippen molar-refractivity contribution in [3.05, 3.63) is 54.1 Å². The van der Waals surface area contributed by atoms with Crippen LogP contribution in [0.4, 0.5) is 5.69 Å². The minimum absolute atomic E-state index is 0.853. The molecule has 0 fully saturated rings. The van der Waals surface area contributed by atoms with Gasteiger partial charge in [-0.25, -0.2) is 0 Å². The van der Waals surface area contributed by atoms with E-state index in [0.29, 0.717) is 0 Å². The smallest absolute Gasteiger partial charge is 0.0393 e. The third-order valence-electron chi connectivity index (χ3n) is 3.34. The Bertz CT molecular complexity index is 698. The second-order valence-corrected chi connectivity index (χ2v) is 4.46. The molecule has 0 aromatic heterocycles. The second kappa shape index (κ2) is 3.77. The summed E-state index contributed by atoms with van der Waals surface area (Å²) in [4.78, 5) is 0. The molecule has 0 aliphatic rings. The van der Waals surface area contributed by atoms with Gasteiger partial charge in [0, 0.05) is 11.1 Å². The van der Waals surface area contributed by atoms with Gasteiger partial charge in [-0.2, -0.15) is 0 Å². The molecule has 0 amide bonds. The molecule has 0 atom stereocenters. The van der Waals surface area contributed by atoms with Crippen molar-refractivity contribution in [2.24, 2.45) is 0 Å². The van der Waals surface area contributed by atoms with Crippen LogP contribution in [0.1, 0.15) is 12.5 Å². The van der Waals surface area contributed by atoms with Crippen LogP contribution >= 0.6 is 0 Å². The van der Waals surface area contributed by atoms with E-state index in [0.717, 1.165) is 17.5 Å². The number of hydrogen-bond acceptors (Lipinski definition) is 1. The quantitative estimate of drug-likeness (QED) is 0.485. The zero-order valence-corrected chi connectivity index (χ0v) is 9.90. The fourth-order valence-electron chi connectivity index (χ4n) is 2.32. The number of benzene rings is 3. The summed E-state index contributed by atoms with van der Waals surface area (Å²) in [5.74, 6) is 0. The molecule has 0 unspecified atom stereocenters. The first-order valence-electron chi connectivity index (χ1n) is 5.99. The Labute approximate surface area is 101 Å². The third kappa shape index (κ3) is 1.64. The largest absolute Gasteiger partial charge is 0.398 e. The van der Waals surface area contributed by atoms with Crippen molar-refractivity contribution in [1.82, 2.24) is 0 Å². The van der Waals surface area contributed by atoms with Crippen molar-refractivity contribution in [1.29, 1.82) is 0 Å². The molecular formula is C16H15N. The van der Waals surface area contributed by atoms with Gasteiger partial charge in [-0.15, -0.1) is 0 Å². The van der Waals surface area contributed by atoms with Crippen LogP contribution in [0.3, 0.4) is 0 Å². The molecule has 84 valence electrons. The molecule has 3 aromatic rings. The van der Waals surface area contributed by atoms with Crippen LogP contribution < -0.4 is 5.73 Å². The molecule has 0 spiro atoms. The molecule has 0 bridgehead atoms. The van der Waals surface area contributed by atoms with Gasteiger partial charge in [0.2, 0.25) is 0 Å². The topological polar surface area (TPSA) is 26.0 Å². The molecule has 0 aliphatic carbocycles. The Kier molecular flexibility index (Phi) is 2.25. The van der Waals surface area contributed by atoms with E-state index < -0.39 is 0 Å². The molecule has 0 saturated heterocycles. The summed E-state index contributed by atoms with van der Waals surface area (Å²) in [7, 11) is 0. The molecule has 0 saturated carbocycles. The van der Waals surface area contributed by atoms with Crippen LogP contribution in [0, 0.1) is 0 Å². The van der Waals surface area contributed by atoms with Crippen LogP contribution in [0.2, 0.25) is 0 Å². The van der Waals surface area contributed by atoms with Crippen molar-refractivity contribution in [3.63, 3.8) is 0 Å². The van der Waals surface area contributed by atoms with Crippen LogP contribution in [0.5, 0.6) is 0 Å². The summed E-state index contributed by atoms with van der Waals surface area (Å²) in [5, 5.41) is 4.91. The van der Waals surface area contributed by atoms with Crippen molar-refractivity contribution >= 4 is 27.2 Å². The summed E-state index contributed by atoms with van der Waals surface area (Å²) in [6, 6.07) is 17.1. The predicted octanol–water partition coefficient (Wildman–Crippen LogP) is 4.14. The molecule has 0 radical (unpaired) electrons. The average Bonchev–Trinajstić information content (AvgIpc) is 2.37. The number of hydrogen-bond donors (Lipinski definition) is 1. The molecule has 3 aromatic carbocycles. The van der Waals surface area contributed by atoms with E-state index in [1.807, 2.05) is 12.1 Å². The number of nitrogen functional groups attached to an aromatic ring is 1. The number of nitrogens with two attached hydrogens (primary N) is 1. The van der Waals surface area contributed by atoms with Gasteiger partial charge in [0.05, 0.1) is 0 Å². The van der Waals surface area contributed by atoms with Crippen molar-refractivity contribution in [3.8, 4) is 0 Å². The Morgan fingerprint density at radius 3 is 2.59 bits per heavy atom. The van der Waals surface area contributed by atoms with Crippen molar-refractivity contribution in [2.45, 2.75) is 13.3 Å². The minimum Gasteiger partial charge on any atom is -0.398 e. The lowest BCUT2D eigenvalue weighted by atomic mass is 10.0. The first kappa shape index (κ1) is 10.2. The van der Waals surface area contributed by atoms with E-state index in [1.54, 1.807) is 0 Å². The van der Waals surface area contributed by atoms with Crippen LogP contribution in [0.15, 0.2) is 48.5 Å². The molecule has 17 heavy (non-hydrogen) atoms. The lowest BCUT2D eigenvalue weighted by Crippen LogP contribution is -1.87. The first-order valence-corrected chi connectivity index (χ1v) is 5.99. The monoisotopic (exact) mass is 221 g/mol. The summed E-state index contributed by atoms with van der Waals surface area (Å²) < 4.78 is 0. The van der Waals surface area contributed by atoms with Crippen LogP contribution in [0.25, 0.3) is 21.5 Å². The predicted molar refractivity (Wildman–Crippen MR) is 75.2 cm³/mol. The zero-order chi connectivity index (χ0) is 11.8. The first-order chi connectivity index (χ1) is 8.28. The van der Waals surface area contributed by atoms with Gasteiger partial charge in [-0.05, 0) is 46.3 Å². The van der Waals surface area contributed by atoms with E-state index >= 15 is 0 Å². The summed E-state index contributed by atoms with van der Waals surface area (Å²) in [5.41, 5.74) is 8.24. The highest BCUT2D eigenvalue weighted by atomic mass is 14.5. The Balaban J connectivity index is 2.40. The second-order valence-electron chi connectivity index (χ2n) is 4.46. The molecule has 3 rings (SSSR count). The molecule has 1 heteroatoms. The maximum atomic E-state index is 6.02. The van der Waals surface area contributed by atoms with Crippen LogP contribution in [-0.4, -0.2) is 0 Å². The van der Waals surface area contributed by atoms with Gasteiger partial charge in [0.1, 0.15) is 0 Å². The van der Waals surface area contributed by atoms with E-state index in [1.165, 1.54) is 21.7 Å². The highest BCUT2D eigenvalue weighted by Gasteiger charge is 2.01. The normalized spacial score (nSPS) is 11.1. The number of rotatable bonds is 1. The average molecular weight is 221 g/mol. The van der Waals surface area contributed by atoms with Gasteiger partial charge < -0.3 is 5.73 Å². The number of anilines is 1. The fourth-order valence-corrected chi connectivity index (χ4v) is 2.32. The summed E-state index contributed by atoms with van der Waals surface area (Å²) in [6.07, 6.45) is 1.07. The lowest BCUT2D eigenvalue weighted by molar-refractivity contribution is 1.15. The molecule has 0 heterocycles. The molecule has 0 aliphatic heterocycles. The summed E-state index contributed by atoms with van der Waals surface area (Å²) >= 11 is 0. The fraction of sp³-hybridized carbons (Fsp3) is 0.125. The Morgan fingerprint density at radius 2 is 1.76 bits per heavy atom. The Hall–Kier alpha value is -2.02. The highest BCUT2D eigenvalue weighted by molar-refractivity contribution is 6.03. The van der Waals surface area contributed by atoms with E-state index in [9.17, 15) is 0 Å². The highest BCUT2D eigenvalue weighted by Crippen LogP contribution is 2.27. The Morgan fingerprint density at radius 1 is 0.882 bits per heavy atom. The lowest BCUT2D eigenvalue weighted by Gasteiger charge is -2.06. The van der Waals surface area contributed by atoms with Gasteiger partial charge in [0.25, 0.3) is 0 Å². The van der Waals surface area contributed by atoms with E-state index in [2.05, 4.69) is 43.3 Å².